The lowest BCUT2D eigenvalue weighted by Crippen LogP contribution is -2.45. The Balaban J connectivity index is 0.00000243. The van der Waals surface area contributed by atoms with E-state index in [1.165, 1.54) is 0 Å². The smallest absolute Gasteiger partial charge is 0.191 e. The molecule has 2 aromatic rings. The molecule has 26 heavy (non-hydrogen) atoms. The molecule has 1 aliphatic heterocycles. The topological polar surface area (TPSA) is 54.9 Å². The van der Waals surface area contributed by atoms with E-state index in [4.69, 9.17) is 9.47 Å². The van der Waals surface area contributed by atoms with E-state index in [1.54, 1.807) is 7.05 Å². The summed E-state index contributed by atoms with van der Waals surface area (Å²) < 4.78 is 38.3. The molecule has 0 aromatic heterocycles. The van der Waals surface area contributed by atoms with Gasteiger partial charge in [0.15, 0.2) is 17.5 Å². The van der Waals surface area contributed by atoms with E-state index in [1.807, 2.05) is 24.3 Å². The molecule has 0 bridgehead atoms. The molecule has 0 spiro atoms. The van der Waals surface area contributed by atoms with E-state index in [0.29, 0.717) is 24.9 Å². The first kappa shape index (κ1) is 20.2. The predicted octanol–water partition coefficient (Wildman–Crippen LogP) is 3.09. The molecule has 0 aliphatic carbocycles. The second-order valence-electron chi connectivity index (χ2n) is 5.54. The number of nitrogens with zero attached hydrogens (tertiary/aromatic N) is 1. The van der Waals surface area contributed by atoms with Gasteiger partial charge in [-0.1, -0.05) is 12.1 Å². The van der Waals surface area contributed by atoms with Crippen LogP contribution in [-0.4, -0.2) is 32.3 Å². The minimum Gasteiger partial charge on any atom is -0.486 e. The normalized spacial score (nSPS) is 15.8. The Kier molecular flexibility index (Phi) is 7.43. The Bertz CT molecular complexity index is 774. The maximum atomic E-state index is 13.6. The Morgan fingerprint density at radius 2 is 1.92 bits per heavy atom. The summed E-state index contributed by atoms with van der Waals surface area (Å²) in [5.41, 5.74) is 0.231. The average molecular weight is 475 g/mol. The number of halogens is 3. The molecule has 3 rings (SSSR count). The zero-order valence-corrected chi connectivity index (χ0v) is 16.5. The molecule has 140 valence electrons. The summed E-state index contributed by atoms with van der Waals surface area (Å²) in [7, 11) is 1.60. The highest BCUT2D eigenvalue weighted by molar-refractivity contribution is 14.0. The number of guanidine groups is 1. The maximum Gasteiger partial charge on any atom is 0.191 e. The highest BCUT2D eigenvalue weighted by atomic mass is 127. The van der Waals surface area contributed by atoms with E-state index in [-0.39, 0.29) is 42.2 Å². The van der Waals surface area contributed by atoms with Gasteiger partial charge in [-0.25, -0.2) is 8.78 Å². The summed E-state index contributed by atoms with van der Waals surface area (Å²) in [6.45, 7) is 0.993. The quantitative estimate of drug-likeness (QED) is 0.406. The lowest BCUT2D eigenvalue weighted by molar-refractivity contribution is 0.0936. The van der Waals surface area contributed by atoms with Gasteiger partial charge >= 0.3 is 0 Å². The van der Waals surface area contributed by atoms with Crippen molar-refractivity contribution in [3.63, 3.8) is 0 Å². The third-order valence-electron chi connectivity index (χ3n) is 3.74. The molecule has 1 heterocycles. The van der Waals surface area contributed by atoms with E-state index in [9.17, 15) is 8.78 Å². The first-order chi connectivity index (χ1) is 12.2. The van der Waals surface area contributed by atoms with E-state index in [0.717, 1.165) is 23.9 Å². The second kappa shape index (κ2) is 9.56. The van der Waals surface area contributed by atoms with Crippen molar-refractivity contribution in [3.8, 4) is 11.5 Å². The lowest BCUT2D eigenvalue weighted by Gasteiger charge is -2.27. The van der Waals surface area contributed by atoms with Crippen molar-refractivity contribution < 1.29 is 18.3 Å². The third-order valence-corrected chi connectivity index (χ3v) is 3.74. The number of nitrogens with one attached hydrogen (secondary N) is 2. The summed E-state index contributed by atoms with van der Waals surface area (Å²) in [5, 5.41) is 6.04. The monoisotopic (exact) mass is 475 g/mol. The van der Waals surface area contributed by atoms with Gasteiger partial charge < -0.3 is 20.1 Å². The predicted molar refractivity (Wildman–Crippen MR) is 106 cm³/mol. The largest absolute Gasteiger partial charge is 0.486 e. The fourth-order valence-electron chi connectivity index (χ4n) is 2.45. The van der Waals surface area contributed by atoms with Crippen LogP contribution in [0.3, 0.4) is 0 Å². The van der Waals surface area contributed by atoms with E-state index in [2.05, 4.69) is 15.6 Å². The number of hydrogen-bond donors (Lipinski definition) is 2. The van der Waals surface area contributed by atoms with Gasteiger partial charge in [0.05, 0.1) is 6.54 Å². The Hall–Kier alpha value is -2.10. The first-order valence-electron chi connectivity index (χ1n) is 7.92. The van der Waals surface area contributed by atoms with Crippen LogP contribution in [0.4, 0.5) is 8.78 Å². The first-order valence-corrected chi connectivity index (χ1v) is 7.92. The summed E-state index contributed by atoms with van der Waals surface area (Å²) in [6.07, 6.45) is -0.181. The molecule has 0 radical (unpaired) electrons. The maximum absolute atomic E-state index is 13.6. The Labute approximate surface area is 167 Å². The minimum atomic E-state index is -0.479. The van der Waals surface area contributed by atoms with E-state index >= 15 is 0 Å². The van der Waals surface area contributed by atoms with Crippen LogP contribution in [0, 0.1) is 11.6 Å². The number of hydrogen-bond acceptors (Lipinski definition) is 3. The molecule has 5 nitrogen and oxygen atoms in total. The summed E-state index contributed by atoms with van der Waals surface area (Å²) >= 11 is 0. The molecule has 0 fully saturated rings. The van der Waals surface area contributed by atoms with Gasteiger partial charge in [-0.15, -0.1) is 24.0 Å². The number of ether oxygens (including phenoxy) is 2. The van der Waals surface area contributed by atoms with Gasteiger partial charge in [0.25, 0.3) is 0 Å². The zero-order valence-electron chi connectivity index (χ0n) is 14.2. The fourth-order valence-corrected chi connectivity index (χ4v) is 2.45. The number of rotatable bonds is 4. The van der Waals surface area contributed by atoms with Crippen LogP contribution in [-0.2, 0) is 6.54 Å². The number of fused-ring (bicyclic) bond motifs is 1. The molecule has 1 atom stereocenters. The number of aliphatic imine (C=N–C) groups is 1. The third kappa shape index (κ3) is 5.20. The molecule has 8 heteroatoms. The number of para-hydroxylation sites is 2. The molecule has 0 amide bonds. The molecule has 2 N–H and O–H groups in total. The van der Waals surface area contributed by atoms with Crippen molar-refractivity contribution in [2.75, 3.05) is 20.2 Å². The molecule has 0 saturated heterocycles. The van der Waals surface area contributed by atoms with Crippen molar-refractivity contribution >= 4 is 29.9 Å². The van der Waals surface area contributed by atoms with E-state index < -0.39 is 11.6 Å². The average Bonchev–Trinajstić information content (AvgIpc) is 2.64. The lowest BCUT2D eigenvalue weighted by atomic mass is 10.2. The fraction of sp³-hybridized carbons (Fsp3) is 0.278. The molecular weight excluding hydrogens is 455 g/mol. The van der Waals surface area contributed by atoms with Crippen molar-refractivity contribution in [2.45, 2.75) is 12.6 Å². The summed E-state index contributed by atoms with van der Waals surface area (Å²) in [4.78, 5) is 4.07. The van der Waals surface area contributed by atoms with Gasteiger partial charge in [-0.3, -0.25) is 4.99 Å². The van der Waals surface area contributed by atoms with Crippen molar-refractivity contribution in [1.82, 2.24) is 10.6 Å². The highest BCUT2D eigenvalue weighted by Crippen LogP contribution is 2.30. The van der Waals surface area contributed by atoms with Crippen LogP contribution in [0.25, 0.3) is 0 Å². The van der Waals surface area contributed by atoms with Crippen molar-refractivity contribution in [3.05, 3.63) is 59.7 Å². The molecule has 1 unspecified atom stereocenters. The summed E-state index contributed by atoms with van der Waals surface area (Å²) in [6, 6.07) is 10.8. The van der Waals surface area contributed by atoms with Crippen LogP contribution in [0.15, 0.2) is 47.5 Å². The minimum absolute atomic E-state index is 0. The molecule has 2 aromatic carbocycles. The van der Waals surface area contributed by atoms with Gasteiger partial charge in [0.1, 0.15) is 24.3 Å². The summed E-state index contributed by atoms with van der Waals surface area (Å²) in [5.74, 6) is 0.942. The second-order valence-corrected chi connectivity index (χ2v) is 5.54. The molecule has 1 aliphatic rings. The van der Waals surface area contributed by atoms with Gasteiger partial charge in [-0.2, -0.15) is 0 Å². The Morgan fingerprint density at radius 1 is 1.15 bits per heavy atom. The van der Waals surface area contributed by atoms with Gasteiger partial charge in [0.2, 0.25) is 0 Å². The molecular formula is C18H20F2IN3O2. The van der Waals surface area contributed by atoms with Crippen LogP contribution in [0.1, 0.15) is 5.56 Å². The van der Waals surface area contributed by atoms with Crippen LogP contribution >= 0.6 is 24.0 Å². The van der Waals surface area contributed by atoms with Gasteiger partial charge in [0, 0.05) is 19.2 Å². The molecule has 0 saturated carbocycles. The van der Waals surface area contributed by atoms with Crippen molar-refractivity contribution in [2.24, 2.45) is 4.99 Å². The zero-order chi connectivity index (χ0) is 17.6. The van der Waals surface area contributed by atoms with Crippen LogP contribution in [0.2, 0.25) is 0 Å². The SMILES string of the molecule is CN=C(NCc1cc(F)ccc1F)NCC1COc2ccccc2O1.I. The Morgan fingerprint density at radius 3 is 2.69 bits per heavy atom. The van der Waals surface area contributed by atoms with Crippen molar-refractivity contribution in [1.29, 1.82) is 0 Å². The van der Waals surface area contributed by atoms with Crippen LogP contribution in [0.5, 0.6) is 11.5 Å². The number of benzene rings is 2. The standard InChI is InChI=1S/C18H19F2N3O2.HI/c1-21-18(22-9-12-8-13(19)6-7-15(12)20)23-10-14-11-24-16-4-2-3-5-17(16)25-14;/h2-8,14H,9-11H2,1H3,(H2,21,22,23);1H. The van der Waals surface area contributed by atoms with Gasteiger partial charge in [-0.05, 0) is 30.3 Å². The highest BCUT2D eigenvalue weighted by Gasteiger charge is 2.20. The van der Waals surface area contributed by atoms with Crippen LogP contribution < -0.4 is 20.1 Å².